The smallest absolute Gasteiger partial charge is 0.276 e. The Balaban J connectivity index is 1.87. The number of anilines is 1. The molecule has 0 aliphatic heterocycles. The van der Waals surface area contributed by atoms with Gasteiger partial charge in [-0.15, -0.1) is 0 Å². The molecule has 3 rings (SSSR count). The number of nitrogens with one attached hydrogen (secondary N) is 1. The van der Waals surface area contributed by atoms with E-state index >= 15 is 0 Å². The highest BCUT2D eigenvalue weighted by Gasteiger charge is 2.14. The Morgan fingerprint density at radius 2 is 2.30 bits per heavy atom. The Bertz CT molecular complexity index is 739. The maximum absolute atomic E-state index is 12.2. The summed E-state index contributed by atoms with van der Waals surface area (Å²) >= 11 is 0. The molecule has 7 heteroatoms. The van der Waals surface area contributed by atoms with Gasteiger partial charge in [0.15, 0.2) is 11.3 Å². The number of aromatic nitrogens is 5. The SMILES string of the molecule is CCn1ncc(NC(=O)c2cc3ncccn3n2)c1C. The van der Waals surface area contributed by atoms with Crippen molar-refractivity contribution in [1.29, 1.82) is 0 Å². The molecule has 102 valence electrons. The predicted molar refractivity (Wildman–Crippen MR) is 73.6 cm³/mol. The molecule has 0 bridgehead atoms. The van der Waals surface area contributed by atoms with E-state index in [9.17, 15) is 4.79 Å². The van der Waals surface area contributed by atoms with Gasteiger partial charge in [0, 0.05) is 25.0 Å². The zero-order valence-corrected chi connectivity index (χ0v) is 11.2. The molecule has 0 aliphatic carbocycles. The molecule has 3 aromatic heterocycles. The first kappa shape index (κ1) is 12.3. The maximum Gasteiger partial charge on any atom is 0.276 e. The molecule has 0 aliphatic rings. The van der Waals surface area contributed by atoms with Crippen molar-refractivity contribution >= 4 is 17.2 Å². The Hall–Kier alpha value is -2.70. The fourth-order valence-electron chi connectivity index (χ4n) is 2.02. The molecule has 3 aromatic rings. The first-order chi connectivity index (χ1) is 9.69. The number of carbonyl (C=O) groups excluding carboxylic acids is 1. The van der Waals surface area contributed by atoms with Crippen LogP contribution in [0, 0.1) is 6.92 Å². The first-order valence-corrected chi connectivity index (χ1v) is 6.33. The van der Waals surface area contributed by atoms with Gasteiger partial charge < -0.3 is 5.32 Å². The molecule has 0 aromatic carbocycles. The maximum atomic E-state index is 12.2. The summed E-state index contributed by atoms with van der Waals surface area (Å²) < 4.78 is 3.39. The molecule has 0 radical (unpaired) electrons. The minimum absolute atomic E-state index is 0.269. The van der Waals surface area contributed by atoms with E-state index in [0.717, 1.165) is 12.2 Å². The van der Waals surface area contributed by atoms with Crippen LogP contribution in [-0.4, -0.2) is 30.3 Å². The third kappa shape index (κ3) is 2.03. The lowest BCUT2D eigenvalue weighted by Crippen LogP contribution is -2.13. The van der Waals surface area contributed by atoms with Gasteiger partial charge in [-0.1, -0.05) is 0 Å². The second kappa shape index (κ2) is 4.76. The van der Waals surface area contributed by atoms with Gasteiger partial charge in [-0.2, -0.15) is 10.2 Å². The molecule has 0 fully saturated rings. The van der Waals surface area contributed by atoms with Gasteiger partial charge in [0.1, 0.15) is 0 Å². The van der Waals surface area contributed by atoms with Crippen LogP contribution in [-0.2, 0) is 6.54 Å². The number of nitrogens with zero attached hydrogens (tertiary/aromatic N) is 5. The van der Waals surface area contributed by atoms with Crippen LogP contribution in [0.25, 0.3) is 5.65 Å². The zero-order valence-electron chi connectivity index (χ0n) is 11.2. The number of fused-ring (bicyclic) bond motifs is 1. The molecular formula is C13H14N6O. The summed E-state index contributed by atoms with van der Waals surface area (Å²) in [6.45, 7) is 4.68. The second-order valence-corrected chi connectivity index (χ2v) is 4.37. The van der Waals surface area contributed by atoms with E-state index < -0.39 is 0 Å². The number of hydrogen-bond acceptors (Lipinski definition) is 4. The molecule has 3 heterocycles. The lowest BCUT2D eigenvalue weighted by molar-refractivity contribution is 0.102. The minimum atomic E-state index is -0.269. The van der Waals surface area contributed by atoms with E-state index in [1.165, 1.54) is 0 Å². The Morgan fingerprint density at radius 1 is 1.45 bits per heavy atom. The standard InChI is InChI=1S/C13H14N6O/c1-3-18-9(2)11(8-15-18)16-13(20)10-7-12-14-5-4-6-19(12)17-10/h4-8H,3H2,1-2H3,(H,16,20). The molecular weight excluding hydrogens is 256 g/mol. The number of hydrogen-bond donors (Lipinski definition) is 1. The van der Waals surface area contributed by atoms with Crippen molar-refractivity contribution in [2.75, 3.05) is 5.32 Å². The summed E-state index contributed by atoms with van der Waals surface area (Å²) in [6.07, 6.45) is 5.05. The van der Waals surface area contributed by atoms with Gasteiger partial charge in [-0.3, -0.25) is 9.48 Å². The van der Waals surface area contributed by atoms with Crippen LogP contribution in [0.15, 0.2) is 30.7 Å². The third-order valence-corrected chi connectivity index (χ3v) is 3.12. The summed E-state index contributed by atoms with van der Waals surface area (Å²) in [4.78, 5) is 16.3. The molecule has 20 heavy (non-hydrogen) atoms. The summed E-state index contributed by atoms with van der Waals surface area (Å²) in [5.41, 5.74) is 2.58. The van der Waals surface area contributed by atoms with Crippen LogP contribution in [0.2, 0.25) is 0 Å². The van der Waals surface area contributed by atoms with Gasteiger partial charge in [0.25, 0.3) is 5.91 Å². The topological polar surface area (TPSA) is 77.1 Å². The van der Waals surface area contributed by atoms with Crippen LogP contribution in [0.4, 0.5) is 5.69 Å². The quantitative estimate of drug-likeness (QED) is 0.782. The fourth-order valence-corrected chi connectivity index (χ4v) is 2.02. The number of rotatable bonds is 3. The highest BCUT2D eigenvalue weighted by Crippen LogP contribution is 2.14. The van der Waals surface area contributed by atoms with Crippen molar-refractivity contribution in [3.8, 4) is 0 Å². The lowest BCUT2D eigenvalue weighted by atomic mass is 10.3. The summed E-state index contributed by atoms with van der Waals surface area (Å²) in [5, 5.41) is 11.2. The van der Waals surface area contributed by atoms with E-state index in [-0.39, 0.29) is 5.91 Å². The van der Waals surface area contributed by atoms with Crippen molar-refractivity contribution in [3.63, 3.8) is 0 Å². The fraction of sp³-hybridized carbons (Fsp3) is 0.231. The minimum Gasteiger partial charge on any atom is -0.318 e. The van der Waals surface area contributed by atoms with Crippen LogP contribution >= 0.6 is 0 Å². The van der Waals surface area contributed by atoms with Crippen molar-refractivity contribution in [1.82, 2.24) is 24.4 Å². The Labute approximate surface area is 115 Å². The average molecular weight is 270 g/mol. The number of carbonyl (C=O) groups is 1. The van der Waals surface area contributed by atoms with E-state index in [1.54, 1.807) is 35.2 Å². The summed E-state index contributed by atoms with van der Waals surface area (Å²) in [7, 11) is 0. The molecule has 0 unspecified atom stereocenters. The highest BCUT2D eigenvalue weighted by molar-refractivity contribution is 6.03. The van der Waals surface area contributed by atoms with Gasteiger partial charge in [-0.05, 0) is 19.9 Å². The average Bonchev–Trinajstić information content (AvgIpc) is 3.03. The van der Waals surface area contributed by atoms with Gasteiger partial charge >= 0.3 is 0 Å². The Morgan fingerprint density at radius 3 is 3.00 bits per heavy atom. The molecule has 0 saturated carbocycles. The normalized spacial score (nSPS) is 10.9. The van der Waals surface area contributed by atoms with Gasteiger partial charge in [-0.25, -0.2) is 9.50 Å². The Kier molecular flexibility index (Phi) is 2.94. The van der Waals surface area contributed by atoms with E-state index in [0.29, 0.717) is 17.0 Å². The van der Waals surface area contributed by atoms with Crippen molar-refractivity contribution in [2.24, 2.45) is 0 Å². The van der Waals surface area contributed by atoms with Crippen molar-refractivity contribution in [3.05, 3.63) is 42.1 Å². The second-order valence-electron chi connectivity index (χ2n) is 4.37. The molecule has 0 spiro atoms. The van der Waals surface area contributed by atoms with Crippen LogP contribution < -0.4 is 5.32 Å². The lowest BCUT2D eigenvalue weighted by Gasteiger charge is -2.03. The monoisotopic (exact) mass is 270 g/mol. The number of aryl methyl sites for hydroxylation is 1. The highest BCUT2D eigenvalue weighted by atomic mass is 16.2. The largest absolute Gasteiger partial charge is 0.318 e. The number of amides is 1. The zero-order chi connectivity index (χ0) is 14.1. The van der Waals surface area contributed by atoms with E-state index in [1.807, 2.05) is 18.5 Å². The summed E-state index contributed by atoms with van der Waals surface area (Å²) in [6, 6.07) is 3.41. The molecule has 0 saturated heterocycles. The van der Waals surface area contributed by atoms with Crippen molar-refractivity contribution in [2.45, 2.75) is 20.4 Å². The van der Waals surface area contributed by atoms with Crippen LogP contribution in [0.1, 0.15) is 23.1 Å². The predicted octanol–water partition coefficient (Wildman–Crippen LogP) is 1.51. The third-order valence-electron chi connectivity index (χ3n) is 3.12. The van der Waals surface area contributed by atoms with Crippen molar-refractivity contribution < 1.29 is 4.79 Å². The molecule has 7 nitrogen and oxygen atoms in total. The van der Waals surface area contributed by atoms with E-state index in [2.05, 4.69) is 20.5 Å². The molecule has 1 N–H and O–H groups in total. The van der Waals surface area contributed by atoms with Gasteiger partial charge in [0.2, 0.25) is 0 Å². The van der Waals surface area contributed by atoms with Gasteiger partial charge in [0.05, 0.1) is 17.6 Å². The summed E-state index contributed by atoms with van der Waals surface area (Å²) in [5.74, 6) is -0.269. The van der Waals surface area contributed by atoms with E-state index in [4.69, 9.17) is 0 Å². The first-order valence-electron chi connectivity index (χ1n) is 6.33. The molecule has 0 atom stereocenters. The van der Waals surface area contributed by atoms with Crippen LogP contribution in [0.3, 0.4) is 0 Å². The van der Waals surface area contributed by atoms with Crippen LogP contribution in [0.5, 0.6) is 0 Å². The molecule has 1 amide bonds.